The van der Waals surface area contributed by atoms with Gasteiger partial charge in [-0.3, -0.25) is 0 Å². The molecule has 0 aromatic heterocycles. The Labute approximate surface area is 147 Å². The van der Waals surface area contributed by atoms with Gasteiger partial charge >= 0.3 is 0 Å². The van der Waals surface area contributed by atoms with E-state index in [9.17, 15) is 5.11 Å². The van der Waals surface area contributed by atoms with Gasteiger partial charge in [-0.2, -0.15) is 0 Å². The molecule has 0 amide bonds. The van der Waals surface area contributed by atoms with Crippen molar-refractivity contribution < 1.29 is 19.0 Å². The smallest absolute Gasteiger partial charge is 0.192 e. The van der Waals surface area contributed by atoms with Crippen molar-refractivity contribution in [3.8, 4) is 0 Å². The zero-order valence-electron chi connectivity index (χ0n) is 15.8. The second-order valence-electron chi connectivity index (χ2n) is 8.26. The topological polar surface area (TPSA) is 47.9 Å². The van der Waals surface area contributed by atoms with Crippen LogP contribution in [0.4, 0.5) is 0 Å². The van der Waals surface area contributed by atoms with Crippen molar-refractivity contribution in [1.82, 2.24) is 0 Å². The van der Waals surface area contributed by atoms with Crippen molar-refractivity contribution >= 4 is 8.32 Å². The van der Waals surface area contributed by atoms with Crippen LogP contribution in [-0.4, -0.2) is 38.5 Å². The lowest BCUT2D eigenvalue weighted by Crippen LogP contribution is -2.54. The van der Waals surface area contributed by atoms with E-state index in [1.54, 1.807) is 0 Å². The first kappa shape index (κ1) is 19.6. The summed E-state index contributed by atoms with van der Waals surface area (Å²) in [5, 5.41) is 10.7. The Balaban J connectivity index is 1.92. The summed E-state index contributed by atoms with van der Waals surface area (Å²) in [4.78, 5) is 0. The monoisotopic (exact) mass is 352 g/mol. The van der Waals surface area contributed by atoms with Gasteiger partial charge in [0.25, 0.3) is 0 Å². The molecule has 2 rings (SSSR count). The van der Waals surface area contributed by atoms with Crippen LogP contribution in [0.15, 0.2) is 30.3 Å². The van der Waals surface area contributed by atoms with Crippen LogP contribution in [-0.2, 0) is 20.5 Å². The first-order chi connectivity index (χ1) is 11.1. The molecule has 0 unspecified atom stereocenters. The maximum absolute atomic E-state index is 10.6. The SMILES string of the molecule is C[C@H]1[C@H](O)[C@@H](OCc2ccccc2)OC[C@H]1O[Si](C)(C)C(C)(C)C. The van der Waals surface area contributed by atoms with E-state index >= 15 is 0 Å². The van der Waals surface area contributed by atoms with E-state index in [0.29, 0.717) is 13.2 Å². The van der Waals surface area contributed by atoms with E-state index in [1.165, 1.54) is 0 Å². The molecule has 1 aromatic carbocycles. The van der Waals surface area contributed by atoms with Crippen LogP contribution in [0.25, 0.3) is 0 Å². The van der Waals surface area contributed by atoms with Crippen LogP contribution in [0.3, 0.4) is 0 Å². The van der Waals surface area contributed by atoms with Crippen molar-refractivity contribution in [1.29, 1.82) is 0 Å². The molecule has 4 atom stereocenters. The minimum atomic E-state index is -1.89. The summed E-state index contributed by atoms with van der Waals surface area (Å²) in [6, 6.07) is 9.93. The van der Waals surface area contributed by atoms with Crippen molar-refractivity contribution in [3.63, 3.8) is 0 Å². The zero-order valence-corrected chi connectivity index (χ0v) is 16.8. The minimum absolute atomic E-state index is 0.0198. The van der Waals surface area contributed by atoms with Crippen molar-refractivity contribution in [2.45, 2.75) is 70.9 Å². The highest BCUT2D eigenvalue weighted by molar-refractivity contribution is 6.74. The number of benzene rings is 1. The maximum atomic E-state index is 10.6. The van der Waals surface area contributed by atoms with Gasteiger partial charge in [-0.05, 0) is 23.7 Å². The van der Waals surface area contributed by atoms with Crippen LogP contribution < -0.4 is 0 Å². The van der Waals surface area contributed by atoms with Gasteiger partial charge in [0.15, 0.2) is 14.6 Å². The number of hydrogen-bond donors (Lipinski definition) is 1. The van der Waals surface area contributed by atoms with Crippen LogP contribution in [0.2, 0.25) is 18.1 Å². The molecule has 1 aliphatic rings. The zero-order chi connectivity index (χ0) is 18.0. The van der Waals surface area contributed by atoms with Crippen LogP contribution in [0.5, 0.6) is 0 Å². The number of aliphatic hydroxyl groups excluding tert-OH is 1. The molecule has 1 fully saturated rings. The molecule has 136 valence electrons. The second-order valence-corrected chi connectivity index (χ2v) is 13.0. The Kier molecular flexibility index (Phi) is 6.26. The lowest BCUT2D eigenvalue weighted by molar-refractivity contribution is -0.256. The first-order valence-electron chi connectivity index (χ1n) is 8.75. The number of aliphatic hydroxyl groups is 1. The summed E-state index contributed by atoms with van der Waals surface area (Å²) < 4.78 is 18.0. The quantitative estimate of drug-likeness (QED) is 0.815. The van der Waals surface area contributed by atoms with Crippen molar-refractivity contribution in [2.24, 2.45) is 5.92 Å². The lowest BCUT2D eigenvalue weighted by Gasteiger charge is -2.45. The van der Waals surface area contributed by atoms with Gasteiger partial charge in [-0.15, -0.1) is 0 Å². The molecule has 0 bridgehead atoms. The van der Waals surface area contributed by atoms with E-state index in [-0.39, 0.29) is 17.1 Å². The molecule has 0 spiro atoms. The van der Waals surface area contributed by atoms with Crippen LogP contribution in [0.1, 0.15) is 33.3 Å². The summed E-state index contributed by atoms with van der Waals surface area (Å²) in [6.07, 6.45) is -1.37. The predicted octanol–water partition coefficient (Wildman–Crippen LogP) is 3.95. The third-order valence-corrected chi connectivity index (χ3v) is 9.84. The molecular formula is C19H32O4Si. The standard InChI is InChI=1S/C19H32O4Si/c1-14-16(23-24(5,6)19(2,3)4)13-22-18(17(14)20)21-12-15-10-8-7-9-11-15/h7-11,14,16-18,20H,12-13H2,1-6H3/t14-,16-,17+,18+/m1/s1. The fraction of sp³-hybridized carbons (Fsp3) is 0.684. The predicted molar refractivity (Wildman–Crippen MR) is 98.2 cm³/mol. The Hall–Kier alpha value is -0.723. The molecule has 1 aliphatic heterocycles. The highest BCUT2D eigenvalue weighted by atomic mass is 28.4. The van der Waals surface area contributed by atoms with E-state index in [1.807, 2.05) is 37.3 Å². The average Bonchev–Trinajstić information content (AvgIpc) is 2.51. The summed E-state index contributed by atoms with van der Waals surface area (Å²) in [5.41, 5.74) is 1.07. The molecule has 0 radical (unpaired) electrons. The second kappa shape index (κ2) is 7.66. The van der Waals surface area contributed by atoms with Crippen LogP contribution >= 0.6 is 0 Å². The van der Waals surface area contributed by atoms with Gasteiger partial charge in [0.2, 0.25) is 0 Å². The van der Waals surface area contributed by atoms with E-state index < -0.39 is 20.7 Å². The number of rotatable bonds is 5. The fourth-order valence-electron chi connectivity index (χ4n) is 2.50. The maximum Gasteiger partial charge on any atom is 0.192 e. The third-order valence-electron chi connectivity index (χ3n) is 5.34. The molecule has 0 aliphatic carbocycles. The lowest BCUT2D eigenvalue weighted by atomic mass is 9.96. The molecule has 1 N–H and O–H groups in total. The van der Waals surface area contributed by atoms with Gasteiger partial charge in [-0.25, -0.2) is 0 Å². The van der Waals surface area contributed by atoms with Crippen molar-refractivity contribution in [2.75, 3.05) is 6.61 Å². The average molecular weight is 353 g/mol. The summed E-state index contributed by atoms with van der Waals surface area (Å²) in [6.45, 7) is 14.0. The normalized spacial score (nSPS) is 28.8. The van der Waals surface area contributed by atoms with E-state index in [4.69, 9.17) is 13.9 Å². The molecule has 1 saturated heterocycles. The third kappa shape index (κ3) is 4.67. The van der Waals surface area contributed by atoms with Gasteiger partial charge in [0, 0.05) is 5.92 Å². The minimum Gasteiger partial charge on any atom is -0.411 e. The summed E-state index contributed by atoms with van der Waals surface area (Å²) in [7, 11) is -1.89. The molecule has 24 heavy (non-hydrogen) atoms. The largest absolute Gasteiger partial charge is 0.411 e. The molecule has 0 saturated carbocycles. The molecular weight excluding hydrogens is 320 g/mol. The van der Waals surface area contributed by atoms with E-state index in [2.05, 4.69) is 33.9 Å². The number of hydrogen-bond acceptors (Lipinski definition) is 4. The van der Waals surface area contributed by atoms with Gasteiger partial charge in [-0.1, -0.05) is 58.0 Å². The Morgan fingerprint density at radius 1 is 1.21 bits per heavy atom. The number of ether oxygens (including phenoxy) is 2. The molecule has 1 heterocycles. The van der Waals surface area contributed by atoms with Crippen molar-refractivity contribution in [3.05, 3.63) is 35.9 Å². The van der Waals surface area contributed by atoms with Gasteiger partial charge in [0.05, 0.1) is 19.3 Å². The summed E-state index contributed by atoms with van der Waals surface area (Å²) >= 11 is 0. The Bertz CT molecular complexity index is 512. The van der Waals surface area contributed by atoms with E-state index in [0.717, 1.165) is 5.56 Å². The fourth-order valence-corrected chi connectivity index (χ4v) is 3.90. The highest BCUT2D eigenvalue weighted by Crippen LogP contribution is 2.39. The molecule has 5 heteroatoms. The summed E-state index contributed by atoms with van der Waals surface area (Å²) in [5.74, 6) is -0.0198. The molecule has 1 aromatic rings. The Morgan fingerprint density at radius 2 is 1.83 bits per heavy atom. The Morgan fingerprint density at radius 3 is 2.42 bits per heavy atom. The van der Waals surface area contributed by atoms with Gasteiger partial charge < -0.3 is 19.0 Å². The molecule has 4 nitrogen and oxygen atoms in total. The highest BCUT2D eigenvalue weighted by Gasteiger charge is 2.44. The van der Waals surface area contributed by atoms with Gasteiger partial charge in [0.1, 0.15) is 6.10 Å². The first-order valence-corrected chi connectivity index (χ1v) is 11.7. The van der Waals surface area contributed by atoms with Crippen LogP contribution in [0, 0.1) is 5.92 Å².